The summed E-state index contributed by atoms with van der Waals surface area (Å²) in [6, 6.07) is 3.89. The molecule has 0 amide bonds. The molecule has 0 bridgehead atoms. The highest BCUT2D eigenvalue weighted by atomic mass is 127. The average Bonchev–Trinajstić information content (AvgIpc) is 2.21. The summed E-state index contributed by atoms with van der Waals surface area (Å²) in [5, 5.41) is 9.62. The third-order valence-corrected chi connectivity index (χ3v) is 3.79. The first-order valence-corrected chi connectivity index (χ1v) is 6.76. The van der Waals surface area contributed by atoms with Crippen molar-refractivity contribution < 1.29 is 5.11 Å². The molecule has 82 valence electrons. The second-order valence-corrected chi connectivity index (χ2v) is 5.63. The van der Waals surface area contributed by atoms with E-state index >= 15 is 0 Å². The van der Waals surface area contributed by atoms with Crippen LogP contribution in [-0.4, -0.2) is 5.11 Å². The molecule has 2 nitrogen and oxygen atoms in total. The first-order chi connectivity index (χ1) is 7.06. The fraction of sp³-hybridized carbons (Fsp3) is 0.273. The Hall–Kier alpha value is 0.180. The van der Waals surface area contributed by atoms with E-state index in [-0.39, 0.29) is 6.04 Å². The van der Waals surface area contributed by atoms with Crippen molar-refractivity contribution in [3.05, 3.63) is 37.5 Å². The predicted octanol–water partition coefficient (Wildman–Crippen LogP) is 3.57. The van der Waals surface area contributed by atoms with Crippen molar-refractivity contribution >= 4 is 45.2 Å². The quantitative estimate of drug-likeness (QED) is 0.568. The zero-order chi connectivity index (χ0) is 11.4. The number of aromatic hydroxyl groups is 1. The Labute approximate surface area is 117 Å². The minimum absolute atomic E-state index is 0.0191. The van der Waals surface area contributed by atoms with Crippen LogP contribution in [0.3, 0.4) is 0 Å². The molecule has 0 saturated carbocycles. The van der Waals surface area contributed by atoms with Gasteiger partial charge in [-0.25, -0.2) is 0 Å². The van der Waals surface area contributed by atoms with E-state index in [0.717, 1.165) is 25.5 Å². The van der Waals surface area contributed by atoms with Gasteiger partial charge < -0.3 is 10.8 Å². The third-order valence-electron chi connectivity index (χ3n) is 2.15. The van der Waals surface area contributed by atoms with E-state index in [2.05, 4.69) is 51.8 Å². The van der Waals surface area contributed by atoms with Gasteiger partial charge in [0.2, 0.25) is 0 Å². The van der Waals surface area contributed by atoms with E-state index in [9.17, 15) is 5.11 Å². The van der Waals surface area contributed by atoms with E-state index in [4.69, 9.17) is 5.73 Å². The van der Waals surface area contributed by atoms with Crippen LogP contribution in [0.1, 0.15) is 24.4 Å². The Morgan fingerprint density at radius 3 is 2.40 bits per heavy atom. The fourth-order valence-corrected chi connectivity index (χ4v) is 3.08. The summed E-state index contributed by atoms with van der Waals surface area (Å²) in [7, 11) is 0. The lowest BCUT2D eigenvalue weighted by Gasteiger charge is -2.12. The first-order valence-electron chi connectivity index (χ1n) is 4.60. The van der Waals surface area contributed by atoms with Crippen LogP contribution in [0.25, 0.3) is 0 Å². The van der Waals surface area contributed by atoms with Gasteiger partial charge in [0.05, 0.1) is 7.14 Å². The first kappa shape index (κ1) is 13.2. The molecule has 0 unspecified atom stereocenters. The van der Waals surface area contributed by atoms with E-state index in [1.807, 2.05) is 18.2 Å². The monoisotopic (exact) mass is 429 g/mol. The summed E-state index contributed by atoms with van der Waals surface area (Å²) in [5.41, 5.74) is 7.11. The van der Waals surface area contributed by atoms with E-state index in [0.29, 0.717) is 5.75 Å². The van der Waals surface area contributed by atoms with Gasteiger partial charge >= 0.3 is 0 Å². The van der Waals surface area contributed by atoms with Crippen molar-refractivity contribution in [3.8, 4) is 5.75 Å². The molecule has 1 aromatic rings. The molecule has 4 heteroatoms. The van der Waals surface area contributed by atoms with Crippen LogP contribution < -0.4 is 5.73 Å². The summed E-state index contributed by atoms with van der Waals surface area (Å²) >= 11 is 4.23. The van der Waals surface area contributed by atoms with Crippen LogP contribution in [0.5, 0.6) is 5.75 Å². The summed E-state index contributed by atoms with van der Waals surface area (Å²) in [6.45, 7) is 3.68. The largest absolute Gasteiger partial charge is 0.506 e. The number of hydrogen-bond donors (Lipinski definition) is 2. The second kappa shape index (κ2) is 6.05. The molecule has 0 aliphatic rings. The molecule has 15 heavy (non-hydrogen) atoms. The molecule has 1 rings (SSSR count). The maximum atomic E-state index is 9.62. The highest BCUT2D eigenvalue weighted by molar-refractivity contribution is 14.1. The zero-order valence-electron chi connectivity index (χ0n) is 8.21. The Balaban J connectivity index is 2.90. The van der Waals surface area contributed by atoms with Gasteiger partial charge in [-0.2, -0.15) is 0 Å². The van der Waals surface area contributed by atoms with Crippen LogP contribution in [0.4, 0.5) is 0 Å². The highest BCUT2D eigenvalue weighted by Crippen LogP contribution is 2.30. The van der Waals surface area contributed by atoms with Gasteiger partial charge in [0.1, 0.15) is 5.75 Å². The van der Waals surface area contributed by atoms with Crippen molar-refractivity contribution in [1.29, 1.82) is 0 Å². The number of phenolic OH excluding ortho intramolecular Hbond substituents is 1. The maximum Gasteiger partial charge on any atom is 0.142 e. The van der Waals surface area contributed by atoms with Crippen LogP contribution in [0, 0.1) is 7.14 Å². The van der Waals surface area contributed by atoms with Gasteiger partial charge in [-0.15, -0.1) is 6.58 Å². The van der Waals surface area contributed by atoms with Crippen LogP contribution in [0.2, 0.25) is 0 Å². The minimum atomic E-state index is 0.0191. The van der Waals surface area contributed by atoms with Gasteiger partial charge in [-0.05, 0) is 75.7 Å². The van der Waals surface area contributed by atoms with Crippen molar-refractivity contribution in [2.24, 2.45) is 5.73 Å². The Kier molecular flexibility index (Phi) is 5.34. The zero-order valence-corrected chi connectivity index (χ0v) is 12.5. The number of benzene rings is 1. The fourth-order valence-electron chi connectivity index (χ4n) is 1.26. The molecule has 0 heterocycles. The molecule has 1 atom stereocenters. The third kappa shape index (κ3) is 3.60. The topological polar surface area (TPSA) is 46.2 Å². The number of halogens is 2. The van der Waals surface area contributed by atoms with Gasteiger partial charge in [0.15, 0.2) is 0 Å². The normalized spacial score (nSPS) is 12.5. The highest BCUT2D eigenvalue weighted by Gasteiger charge is 2.10. The van der Waals surface area contributed by atoms with Gasteiger partial charge in [0, 0.05) is 6.04 Å². The summed E-state index contributed by atoms with van der Waals surface area (Å²) in [6.07, 6.45) is 3.67. The SMILES string of the molecule is C=CCC[C@@H](N)c1cc(I)c(O)c(I)c1. The van der Waals surface area contributed by atoms with Crippen molar-refractivity contribution in [2.45, 2.75) is 18.9 Å². The van der Waals surface area contributed by atoms with Crippen LogP contribution in [0.15, 0.2) is 24.8 Å². The van der Waals surface area contributed by atoms with Crippen molar-refractivity contribution in [1.82, 2.24) is 0 Å². The molecular formula is C11H13I2NO. The lowest BCUT2D eigenvalue weighted by molar-refractivity contribution is 0.467. The molecule has 0 aliphatic heterocycles. The molecule has 0 saturated heterocycles. The standard InChI is InChI=1S/C11H13I2NO/c1-2-3-4-10(14)7-5-8(12)11(15)9(13)6-7/h2,5-6,10,15H,1,3-4,14H2/t10-/m1/s1. The number of phenols is 1. The second-order valence-electron chi connectivity index (χ2n) is 3.31. The Morgan fingerprint density at radius 1 is 1.40 bits per heavy atom. The lowest BCUT2D eigenvalue weighted by Crippen LogP contribution is -2.10. The summed E-state index contributed by atoms with van der Waals surface area (Å²) in [4.78, 5) is 0. The minimum Gasteiger partial charge on any atom is -0.506 e. The number of allylic oxidation sites excluding steroid dienone is 1. The molecule has 0 aromatic heterocycles. The number of hydrogen-bond acceptors (Lipinski definition) is 2. The molecule has 3 N–H and O–H groups in total. The molecular weight excluding hydrogens is 416 g/mol. The lowest BCUT2D eigenvalue weighted by atomic mass is 10.0. The average molecular weight is 429 g/mol. The van der Waals surface area contributed by atoms with Gasteiger partial charge in [-0.3, -0.25) is 0 Å². The summed E-state index contributed by atoms with van der Waals surface area (Å²) in [5.74, 6) is 0.343. The van der Waals surface area contributed by atoms with Gasteiger partial charge in [-0.1, -0.05) is 6.08 Å². The summed E-state index contributed by atoms with van der Waals surface area (Å²) < 4.78 is 1.70. The molecule has 0 radical (unpaired) electrons. The number of nitrogens with two attached hydrogens (primary N) is 1. The predicted molar refractivity (Wildman–Crippen MR) is 79.9 cm³/mol. The molecule has 0 aliphatic carbocycles. The number of rotatable bonds is 4. The molecule has 0 spiro atoms. The van der Waals surface area contributed by atoms with Crippen molar-refractivity contribution in [3.63, 3.8) is 0 Å². The maximum absolute atomic E-state index is 9.62. The van der Waals surface area contributed by atoms with Crippen molar-refractivity contribution in [2.75, 3.05) is 0 Å². The van der Waals surface area contributed by atoms with Crippen LogP contribution >= 0.6 is 45.2 Å². The van der Waals surface area contributed by atoms with E-state index in [1.54, 1.807) is 0 Å². The Morgan fingerprint density at radius 2 is 1.93 bits per heavy atom. The van der Waals surface area contributed by atoms with Crippen LogP contribution in [-0.2, 0) is 0 Å². The van der Waals surface area contributed by atoms with E-state index in [1.165, 1.54) is 0 Å². The van der Waals surface area contributed by atoms with Gasteiger partial charge in [0.25, 0.3) is 0 Å². The van der Waals surface area contributed by atoms with E-state index < -0.39 is 0 Å². The Bertz CT molecular complexity index is 343. The molecule has 0 fully saturated rings. The molecule has 1 aromatic carbocycles. The smallest absolute Gasteiger partial charge is 0.142 e.